The van der Waals surface area contributed by atoms with Crippen molar-refractivity contribution >= 4 is 22.6 Å². The Morgan fingerprint density at radius 2 is 2.06 bits per heavy atom. The second kappa shape index (κ2) is 7.91. The molecule has 180 valence electrons. The van der Waals surface area contributed by atoms with E-state index in [-0.39, 0.29) is 22.5 Å². The molecule has 2 aromatic heterocycles. The first-order valence-electron chi connectivity index (χ1n) is 11.1. The Labute approximate surface area is 201 Å². The van der Waals surface area contributed by atoms with Gasteiger partial charge in [-0.1, -0.05) is 12.1 Å². The Morgan fingerprint density at radius 3 is 2.89 bits per heavy atom. The van der Waals surface area contributed by atoms with Crippen LogP contribution in [0, 0.1) is 11.3 Å². The van der Waals surface area contributed by atoms with Gasteiger partial charge in [0.25, 0.3) is 5.56 Å². The number of hydrogen-bond acceptors (Lipinski definition) is 7. The summed E-state index contributed by atoms with van der Waals surface area (Å²) >= 11 is 0. The highest BCUT2D eigenvalue weighted by Gasteiger charge is 2.45. The molecule has 0 unspecified atom stereocenters. The van der Waals surface area contributed by atoms with Crippen LogP contribution < -0.4 is 19.9 Å². The van der Waals surface area contributed by atoms with Crippen molar-refractivity contribution in [1.82, 2.24) is 9.78 Å². The molecule has 0 aliphatic carbocycles. The van der Waals surface area contributed by atoms with E-state index in [0.29, 0.717) is 47.5 Å². The van der Waals surface area contributed by atoms with Gasteiger partial charge in [-0.3, -0.25) is 9.59 Å². The van der Waals surface area contributed by atoms with Gasteiger partial charge in [0.2, 0.25) is 5.91 Å². The van der Waals surface area contributed by atoms with Gasteiger partial charge in [0.15, 0.2) is 17.1 Å². The van der Waals surface area contributed by atoms with Crippen LogP contribution in [0.15, 0.2) is 57.9 Å². The van der Waals surface area contributed by atoms with Crippen molar-refractivity contribution in [1.29, 1.82) is 5.26 Å². The molecule has 0 radical (unpaired) electrons. The number of fused-ring (bicyclic) bond motifs is 4. The lowest BCUT2D eigenvalue weighted by Crippen LogP contribution is -2.40. The van der Waals surface area contributed by atoms with Gasteiger partial charge >= 0.3 is 6.29 Å². The number of rotatable bonds is 3. The molecule has 2 aliphatic rings. The maximum absolute atomic E-state index is 13.6. The summed E-state index contributed by atoms with van der Waals surface area (Å²) in [5.41, 5.74) is 1.86. The highest BCUT2D eigenvalue weighted by atomic mass is 19.3. The van der Waals surface area contributed by atoms with Crippen molar-refractivity contribution in [2.24, 2.45) is 0 Å². The average Bonchev–Trinajstić information content (AvgIpc) is 3.49. The first-order chi connectivity index (χ1) is 17.3. The number of furan rings is 1. The molecule has 0 N–H and O–H groups in total. The van der Waals surface area contributed by atoms with E-state index in [9.17, 15) is 23.6 Å². The third-order valence-corrected chi connectivity index (χ3v) is 6.17. The largest absolute Gasteiger partial charge is 0.586 e. The second-order valence-electron chi connectivity index (χ2n) is 8.37. The van der Waals surface area contributed by atoms with Crippen LogP contribution in [0.3, 0.4) is 0 Å². The summed E-state index contributed by atoms with van der Waals surface area (Å²) in [6, 6.07) is 13.1. The van der Waals surface area contributed by atoms with Crippen molar-refractivity contribution in [3.63, 3.8) is 0 Å². The number of nitriles is 1. The molecule has 11 heteroatoms. The molecule has 0 fully saturated rings. The lowest BCUT2D eigenvalue weighted by atomic mass is 10.00. The number of hydrogen-bond donors (Lipinski definition) is 0. The van der Waals surface area contributed by atoms with Gasteiger partial charge in [0.05, 0.1) is 29.0 Å². The van der Waals surface area contributed by atoms with Crippen molar-refractivity contribution in [2.75, 3.05) is 11.4 Å². The fourth-order valence-electron chi connectivity index (χ4n) is 4.60. The Kier molecular flexibility index (Phi) is 4.79. The van der Waals surface area contributed by atoms with Gasteiger partial charge in [0, 0.05) is 17.7 Å². The summed E-state index contributed by atoms with van der Waals surface area (Å²) in [7, 11) is 0. The van der Waals surface area contributed by atoms with Crippen LogP contribution in [0.25, 0.3) is 22.2 Å². The van der Waals surface area contributed by atoms with E-state index in [1.807, 2.05) is 0 Å². The van der Waals surface area contributed by atoms with Crippen LogP contribution in [-0.4, -0.2) is 28.5 Å². The Balaban J connectivity index is 1.38. The second-order valence-corrected chi connectivity index (χ2v) is 8.37. The number of amides is 1. The quantitative estimate of drug-likeness (QED) is 0.429. The zero-order valence-corrected chi connectivity index (χ0v) is 18.5. The van der Waals surface area contributed by atoms with Crippen LogP contribution in [0.5, 0.6) is 11.5 Å². The third kappa shape index (κ3) is 3.46. The molecular weight excluding hydrogens is 474 g/mol. The first-order valence-corrected chi connectivity index (χ1v) is 11.1. The van der Waals surface area contributed by atoms with Gasteiger partial charge in [-0.15, -0.1) is 8.78 Å². The van der Waals surface area contributed by atoms with Crippen LogP contribution in [0.2, 0.25) is 0 Å². The summed E-state index contributed by atoms with van der Waals surface area (Å²) in [4.78, 5) is 27.9. The van der Waals surface area contributed by atoms with Crippen molar-refractivity contribution in [2.45, 2.75) is 25.7 Å². The number of anilines is 1. The third-order valence-electron chi connectivity index (χ3n) is 6.17. The monoisotopic (exact) mass is 490 g/mol. The number of nitrogens with zero attached hydrogens (tertiary/aromatic N) is 4. The predicted octanol–water partition coefficient (Wildman–Crippen LogP) is 3.83. The normalized spacial score (nSPS) is 15.5. The number of carbonyl (C=O) groups excluding carboxylic acids is 1. The number of ether oxygens (including phenoxy) is 2. The minimum Gasteiger partial charge on any atom is -0.462 e. The zero-order chi connectivity index (χ0) is 25.0. The van der Waals surface area contributed by atoms with Crippen LogP contribution in [0.4, 0.5) is 14.5 Å². The highest BCUT2D eigenvalue weighted by Crippen LogP contribution is 2.48. The van der Waals surface area contributed by atoms with E-state index in [0.717, 1.165) is 4.68 Å². The Bertz CT molecular complexity index is 1650. The van der Waals surface area contributed by atoms with E-state index in [1.54, 1.807) is 24.3 Å². The molecule has 2 aromatic carbocycles. The Hall–Kier alpha value is -4.72. The Morgan fingerprint density at radius 1 is 1.19 bits per heavy atom. The molecule has 9 nitrogen and oxygen atoms in total. The standard InChI is InChI=1S/C25H16F2N4O5/c26-25(27)35-19-7-6-18-16(22(19)36-25)5-2-9-30(18)20(32)13-31-24(33)17-8-10-34-23(17)21(29-31)15-4-1-3-14(11-15)12-28/h1,3-4,6-8,10-11H,2,5,9,13H2. The van der Waals surface area contributed by atoms with Gasteiger partial charge in [0.1, 0.15) is 12.2 Å². The van der Waals surface area contributed by atoms with Gasteiger partial charge in [-0.05, 0) is 43.2 Å². The molecule has 0 saturated carbocycles. The molecular formula is C25H16F2N4O5. The minimum atomic E-state index is -3.76. The van der Waals surface area contributed by atoms with Crippen molar-refractivity contribution in [3.05, 3.63) is 70.2 Å². The minimum absolute atomic E-state index is 0.0789. The van der Waals surface area contributed by atoms with Crippen molar-refractivity contribution in [3.8, 4) is 28.8 Å². The van der Waals surface area contributed by atoms with Crippen LogP contribution in [0.1, 0.15) is 17.5 Å². The molecule has 6 rings (SSSR count). The fourth-order valence-corrected chi connectivity index (χ4v) is 4.60. The summed E-state index contributed by atoms with van der Waals surface area (Å²) in [6.45, 7) is -0.0589. The highest BCUT2D eigenvalue weighted by molar-refractivity contribution is 5.96. The molecule has 0 spiro atoms. The first kappa shape index (κ1) is 21.8. The smallest absolute Gasteiger partial charge is 0.462 e. The van der Waals surface area contributed by atoms with Crippen LogP contribution in [-0.2, 0) is 17.8 Å². The summed E-state index contributed by atoms with van der Waals surface area (Å²) in [6.07, 6.45) is -1.46. The summed E-state index contributed by atoms with van der Waals surface area (Å²) < 4.78 is 43.0. The number of carbonyl (C=O) groups is 1. The molecule has 36 heavy (non-hydrogen) atoms. The van der Waals surface area contributed by atoms with Gasteiger partial charge < -0.3 is 18.8 Å². The van der Waals surface area contributed by atoms with E-state index in [4.69, 9.17) is 4.42 Å². The van der Waals surface area contributed by atoms with Crippen LogP contribution >= 0.6 is 0 Å². The predicted molar refractivity (Wildman–Crippen MR) is 122 cm³/mol. The average molecular weight is 490 g/mol. The number of halogens is 2. The molecule has 4 aromatic rings. The van der Waals surface area contributed by atoms with Gasteiger partial charge in [-0.25, -0.2) is 4.68 Å². The number of benzene rings is 2. The molecule has 4 heterocycles. The van der Waals surface area contributed by atoms with E-state index in [2.05, 4.69) is 20.6 Å². The SMILES string of the molecule is N#Cc1cccc(-c2nn(CC(=O)N3CCCc4c3ccc3c4OC(F)(F)O3)c(=O)c3ccoc23)c1. The van der Waals surface area contributed by atoms with E-state index in [1.165, 1.54) is 29.4 Å². The molecule has 0 bridgehead atoms. The lowest BCUT2D eigenvalue weighted by molar-refractivity contribution is -0.286. The fraction of sp³-hybridized carbons (Fsp3) is 0.200. The van der Waals surface area contributed by atoms with Gasteiger partial charge in [-0.2, -0.15) is 10.4 Å². The number of alkyl halides is 2. The van der Waals surface area contributed by atoms with E-state index >= 15 is 0 Å². The van der Waals surface area contributed by atoms with Crippen molar-refractivity contribution < 1.29 is 27.5 Å². The van der Waals surface area contributed by atoms with E-state index < -0.39 is 24.3 Å². The summed E-state index contributed by atoms with van der Waals surface area (Å²) in [5.74, 6) is -0.610. The molecule has 0 atom stereocenters. The molecule has 0 saturated heterocycles. The zero-order valence-electron chi connectivity index (χ0n) is 18.5. The molecule has 2 aliphatic heterocycles. The maximum Gasteiger partial charge on any atom is 0.586 e. The molecule has 1 amide bonds. The maximum atomic E-state index is 13.6. The number of aromatic nitrogens is 2. The lowest BCUT2D eigenvalue weighted by Gasteiger charge is -2.30. The summed E-state index contributed by atoms with van der Waals surface area (Å²) in [5, 5.41) is 13.9. The topological polar surface area (TPSA) is 111 Å².